The second kappa shape index (κ2) is 51.0. The summed E-state index contributed by atoms with van der Waals surface area (Å²) in [7, 11) is 3.73. The van der Waals surface area contributed by atoms with Gasteiger partial charge in [-0.15, -0.1) is 11.3 Å². The highest BCUT2D eigenvalue weighted by atomic mass is 32.2. The van der Waals surface area contributed by atoms with Gasteiger partial charge >= 0.3 is 29.8 Å². The Kier molecular flexibility index (Phi) is 42.9. The Morgan fingerprint density at radius 1 is 0.387 bits per heavy atom. The van der Waals surface area contributed by atoms with Crippen molar-refractivity contribution in [2.45, 2.75) is 172 Å². The number of rotatable bonds is 13. The number of esters is 5. The van der Waals surface area contributed by atoms with E-state index < -0.39 is 9.84 Å². The summed E-state index contributed by atoms with van der Waals surface area (Å²) in [6, 6.07) is 72.8. The van der Waals surface area contributed by atoms with E-state index in [-0.39, 0.29) is 85.7 Å². The summed E-state index contributed by atoms with van der Waals surface area (Å²) in [6.07, 6.45) is 5.04. The summed E-state index contributed by atoms with van der Waals surface area (Å²) < 4.78 is 60.2. The number of benzene rings is 10. The van der Waals surface area contributed by atoms with Crippen molar-refractivity contribution in [3.63, 3.8) is 0 Å². The molecular weight excluding hydrogens is 1610 g/mol. The number of carbonyl (C=O) groups excluding carboxylic acids is 6. The highest BCUT2D eigenvalue weighted by Crippen LogP contribution is 2.30. The second-order valence-corrected chi connectivity index (χ2v) is 33.7. The van der Waals surface area contributed by atoms with Gasteiger partial charge in [0.1, 0.15) is 28.1 Å². The number of phenolic OH excluding ortho intramolecular Hbond substituents is 1. The molecule has 0 fully saturated rings. The molecule has 2 atom stereocenters. The smallest absolute Gasteiger partial charge is 0.311 e. The average molecular weight is 1730 g/mol. The number of fused-ring (bicyclic) bond motifs is 8. The van der Waals surface area contributed by atoms with E-state index in [2.05, 4.69) is 37.5 Å². The molecule has 3 aromatic heterocycles. The monoisotopic (exact) mass is 1730 g/mol. The Bertz CT molecular complexity index is 5700. The molecule has 3 heterocycles. The number of hydrogen-bond acceptors (Lipinski definition) is 20. The van der Waals surface area contributed by atoms with Gasteiger partial charge in [0.05, 0.1) is 95.0 Å². The molecule has 0 radical (unpaired) electrons. The lowest BCUT2D eigenvalue weighted by Crippen LogP contribution is -2.24. The lowest BCUT2D eigenvalue weighted by molar-refractivity contribution is -0.151. The average Bonchev–Trinajstić information content (AvgIpc) is 0.798. The van der Waals surface area contributed by atoms with Crippen LogP contribution >= 0.6 is 11.3 Å². The fraction of sp³-hybridized carbons (Fsp3) is 0.330. The molecule has 0 saturated heterocycles. The van der Waals surface area contributed by atoms with E-state index in [9.17, 15) is 56.7 Å². The van der Waals surface area contributed by atoms with Crippen LogP contribution in [-0.4, -0.2) is 84.7 Å². The first kappa shape index (κ1) is 104. The van der Waals surface area contributed by atoms with Gasteiger partial charge in [0.2, 0.25) is 20.7 Å². The molecule has 13 aromatic rings. The number of ketones is 1. The van der Waals surface area contributed by atoms with Gasteiger partial charge < -0.3 is 37.6 Å². The van der Waals surface area contributed by atoms with E-state index in [0.29, 0.717) is 59.6 Å². The predicted molar refractivity (Wildman–Crippen MR) is 501 cm³/mol. The molecule has 124 heavy (non-hydrogen) atoms. The summed E-state index contributed by atoms with van der Waals surface area (Å²) in [5, 5.41) is 13.3. The summed E-state index contributed by atoms with van der Waals surface area (Å²) >= 11 is 1.67. The Labute approximate surface area is 733 Å². The minimum Gasteiger partial charge on any atom is -0.508 e. The Morgan fingerprint density at radius 3 is 1.02 bits per heavy atom. The van der Waals surface area contributed by atoms with Crippen LogP contribution in [0.15, 0.2) is 276 Å². The number of aromatic hydroxyl groups is 1. The van der Waals surface area contributed by atoms with Crippen LogP contribution in [0.25, 0.3) is 64.0 Å². The lowest BCUT2D eigenvalue weighted by Gasteiger charge is -2.17. The van der Waals surface area contributed by atoms with E-state index in [1.807, 2.05) is 237 Å². The van der Waals surface area contributed by atoms with Crippen LogP contribution in [0.5, 0.6) is 5.75 Å². The molecule has 1 N–H and O–H groups in total. The number of para-hydroxylation sites is 2. The fourth-order valence-electron chi connectivity index (χ4n) is 11.2. The normalized spacial score (nSPS) is 11.5. The SMILES string of the molecule is CC.CC(C)c1ccc2c(=O)c3ccccc3oc2c1.CCC(C)(C)C(=O)OC.CCC(C)(C)C(=O)OC.CCC(C)(C)C(=O)OC.CCC(C)C(=O)OC.CCC(C)C(=O)OC.O=C1c2ccccc2Cc2ccccc21.O=S(=O)(c1ccccc1)c1ccccc1.O=c1c2ccccc2oc2cc(O)ccc12.O=c1c2ccccc2sc2ccccc12. The lowest BCUT2D eigenvalue weighted by atomic mass is 9.85. The molecule has 0 saturated carbocycles. The van der Waals surface area contributed by atoms with Gasteiger partial charge in [-0.1, -0.05) is 216 Å². The van der Waals surface area contributed by atoms with Crippen molar-refractivity contribution >= 4 is 121 Å². The first-order valence-corrected chi connectivity index (χ1v) is 43.7. The van der Waals surface area contributed by atoms with Gasteiger partial charge in [-0.25, -0.2) is 8.42 Å². The molecule has 14 rings (SSSR count). The van der Waals surface area contributed by atoms with Crippen molar-refractivity contribution in [1.29, 1.82) is 0 Å². The molecule has 2 unspecified atom stereocenters. The van der Waals surface area contributed by atoms with E-state index in [1.54, 1.807) is 108 Å². The first-order valence-electron chi connectivity index (χ1n) is 41.4. The summed E-state index contributed by atoms with van der Waals surface area (Å²) in [6.45, 7) is 33.0. The van der Waals surface area contributed by atoms with E-state index in [1.165, 1.54) is 53.2 Å². The molecule has 0 spiro atoms. The molecular formula is C103H122O19S2. The zero-order valence-corrected chi connectivity index (χ0v) is 77.3. The number of carbonyl (C=O) groups is 6. The van der Waals surface area contributed by atoms with Crippen molar-refractivity contribution in [2.24, 2.45) is 28.1 Å². The topological polar surface area (TPSA) is 280 Å². The van der Waals surface area contributed by atoms with Crippen molar-refractivity contribution in [1.82, 2.24) is 0 Å². The zero-order valence-electron chi connectivity index (χ0n) is 75.7. The van der Waals surface area contributed by atoms with Crippen LogP contribution < -0.4 is 16.3 Å². The van der Waals surface area contributed by atoms with Crippen LogP contribution in [0.4, 0.5) is 0 Å². The number of sulfone groups is 1. The highest BCUT2D eigenvalue weighted by molar-refractivity contribution is 7.91. The quantitative estimate of drug-likeness (QED) is 0.0637. The van der Waals surface area contributed by atoms with Gasteiger partial charge in [-0.05, 0) is 200 Å². The molecule has 0 bridgehead atoms. The number of phenols is 1. The predicted octanol–water partition coefficient (Wildman–Crippen LogP) is 23.7. The van der Waals surface area contributed by atoms with Crippen molar-refractivity contribution < 1.29 is 74.8 Å². The fourth-order valence-corrected chi connectivity index (χ4v) is 13.6. The van der Waals surface area contributed by atoms with E-state index >= 15 is 0 Å². The number of methoxy groups -OCH3 is 5. The summed E-state index contributed by atoms with van der Waals surface area (Å²) in [5.74, 6) is 0.143. The van der Waals surface area contributed by atoms with Crippen LogP contribution in [0.3, 0.4) is 0 Å². The third kappa shape index (κ3) is 29.8. The third-order valence-corrected chi connectivity index (χ3v) is 23.6. The van der Waals surface area contributed by atoms with Gasteiger partial charge in [0, 0.05) is 37.4 Å². The maximum Gasteiger partial charge on any atom is 0.311 e. The zero-order chi connectivity index (χ0) is 92.7. The minimum absolute atomic E-state index is 0.0437. The summed E-state index contributed by atoms with van der Waals surface area (Å²) in [4.78, 5) is 103. The van der Waals surface area contributed by atoms with Crippen LogP contribution in [-0.2, 0) is 63.9 Å². The Hall–Kier alpha value is -12.2. The first-order chi connectivity index (χ1) is 58.9. The van der Waals surface area contributed by atoms with Crippen molar-refractivity contribution in [2.75, 3.05) is 35.5 Å². The molecule has 0 aliphatic heterocycles. The van der Waals surface area contributed by atoms with Crippen LogP contribution in [0.2, 0.25) is 0 Å². The molecule has 19 nitrogen and oxygen atoms in total. The molecule has 10 aromatic carbocycles. The Balaban J connectivity index is 0.000000293. The van der Waals surface area contributed by atoms with E-state index in [4.69, 9.17) is 8.83 Å². The maximum absolute atomic E-state index is 12.3. The molecule has 1 aliphatic carbocycles. The molecule has 660 valence electrons. The second-order valence-electron chi connectivity index (χ2n) is 30.7. The van der Waals surface area contributed by atoms with Crippen molar-refractivity contribution in [3.05, 3.63) is 301 Å². The maximum atomic E-state index is 12.3. The van der Waals surface area contributed by atoms with Crippen molar-refractivity contribution in [3.8, 4) is 5.75 Å². The van der Waals surface area contributed by atoms with Crippen LogP contribution in [0.1, 0.15) is 188 Å². The van der Waals surface area contributed by atoms with Gasteiger partial charge in [0.15, 0.2) is 11.2 Å². The number of ether oxygens (including phenoxy) is 5. The largest absolute Gasteiger partial charge is 0.508 e. The van der Waals surface area contributed by atoms with Gasteiger partial charge in [-0.3, -0.25) is 43.2 Å². The number of hydrogen-bond donors (Lipinski definition) is 1. The van der Waals surface area contributed by atoms with E-state index in [0.717, 1.165) is 81.0 Å². The third-order valence-electron chi connectivity index (χ3n) is 20.6. The molecule has 21 heteroatoms. The standard InChI is InChI=1S/C16H14O2.C14H10O.C13H8O3.C13H8OS.C12H10O2S.3C7H14O2.2C6H12O2.C2H6/c1-10(2)11-7-8-13-15(9-11)18-14-6-4-3-5-12(14)16(13)17;15-14-12-7-3-1-5-10(12)9-11-6-2-4-8-13(11)14;14-8-5-6-10-12(7-8)16-11-4-2-1-3-9(11)13(10)15;14-13-9-5-1-3-7-11(9)15-12-8-4-2-6-10(12)13;13-15(14,11-7-3-1-4-8-11)12-9-5-2-6-10-12;3*1-5-7(2,3)6(8)9-4;2*1-4-5(2)6(7)8-3;1-2/h3-10H,1-2H3;1-8H,9H2;1-7,14H;1-8H;1-10H;3*5H2,1-4H3;2*5H,4H2,1-3H3;1-2H3. The molecule has 0 amide bonds. The van der Waals surface area contributed by atoms with Gasteiger partial charge in [-0.2, -0.15) is 0 Å². The minimum atomic E-state index is -3.34. The molecule has 1 aliphatic rings. The van der Waals surface area contributed by atoms with Crippen LogP contribution in [0, 0.1) is 28.1 Å². The Morgan fingerprint density at radius 2 is 0.694 bits per heavy atom. The summed E-state index contributed by atoms with van der Waals surface area (Å²) in [5.41, 5.74) is 6.61. The highest BCUT2D eigenvalue weighted by Gasteiger charge is 2.28. The van der Waals surface area contributed by atoms with Gasteiger partial charge in [0.25, 0.3) is 0 Å².